The monoisotopic (exact) mass is 595 g/mol. The van der Waals surface area contributed by atoms with Crippen LogP contribution in [-0.4, -0.2) is 104 Å². The summed E-state index contributed by atoms with van der Waals surface area (Å²) in [5, 5.41) is 25.7. The minimum atomic E-state index is -1.76. The van der Waals surface area contributed by atoms with E-state index >= 15 is 0 Å². The summed E-state index contributed by atoms with van der Waals surface area (Å²) in [4.78, 5) is 27.2. The fourth-order valence-corrected chi connectivity index (χ4v) is 5.11. The van der Waals surface area contributed by atoms with Crippen LogP contribution in [0.5, 0.6) is 0 Å². The average molecular weight is 596 g/mol. The van der Waals surface area contributed by atoms with E-state index in [0.717, 1.165) is 33.3 Å². The third-order valence-electron chi connectivity index (χ3n) is 7.16. The largest absolute Gasteiger partial charge is 0.467 e. The highest BCUT2D eigenvalue weighted by Crippen LogP contribution is 2.38. The van der Waals surface area contributed by atoms with Gasteiger partial charge < -0.3 is 48.1 Å². The van der Waals surface area contributed by atoms with Crippen LogP contribution in [0.2, 0.25) is 0 Å². The van der Waals surface area contributed by atoms with Crippen LogP contribution in [0.4, 0.5) is 0 Å². The minimum Gasteiger partial charge on any atom is -0.467 e. The molecule has 1 unspecified atom stereocenters. The summed E-state index contributed by atoms with van der Waals surface area (Å²) in [6.07, 6.45) is -10.6. The van der Waals surface area contributed by atoms with Crippen molar-refractivity contribution in [3.05, 3.63) is 46.3 Å². The second-order valence-corrected chi connectivity index (χ2v) is 10.1. The summed E-state index contributed by atoms with van der Waals surface area (Å²) in [6, 6.07) is 7.98. The Labute approximate surface area is 242 Å². The van der Waals surface area contributed by atoms with Gasteiger partial charge >= 0.3 is 11.9 Å². The number of carbonyl (C=O) groups excluding carboxylic acids is 2. The van der Waals surface area contributed by atoms with Crippen LogP contribution in [0.25, 0.3) is 10.4 Å². The Hall–Kier alpha value is -2.85. The van der Waals surface area contributed by atoms with Gasteiger partial charge in [-0.2, -0.15) is 0 Å². The van der Waals surface area contributed by atoms with Gasteiger partial charge in [-0.3, -0.25) is 4.79 Å². The number of aliphatic hydroxyl groups is 2. The van der Waals surface area contributed by atoms with Gasteiger partial charge in [0.2, 0.25) is 0 Å². The molecular weight excluding hydrogens is 558 g/mol. The first-order valence-electron chi connectivity index (χ1n) is 13.8. The third-order valence-corrected chi connectivity index (χ3v) is 7.16. The van der Waals surface area contributed by atoms with E-state index in [1.165, 1.54) is 0 Å². The molecule has 42 heavy (non-hydrogen) atoms. The highest BCUT2D eigenvalue weighted by molar-refractivity contribution is 5.76. The predicted molar refractivity (Wildman–Crippen MR) is 140 cm³/mol. The first-order chi connectivity index (χ1) is 20.3. The smallest absolute Gasteiger partial charge is 0.337 e. The first-order valence-corrected chi connectivity index (χ1v) is 13.8. The Morgan fingerprint density at radius 2 is 1.83 bits per heavy atom. The molecule has 1 aromatic rings. The lowest BCUT2D eigenvalue weighted by atomic mass is 9.94. The summed E-state index contributed by atoms with van der Waals surface area (Å²) >= 11 is 0. The Balaban J connectivity index is 1.66. The maximum Gasteiger partial charge on any atom is 0.337 e. The molecule has 232 valence electrons. The molecule has 0 aromatic heterocycles. The Bertz CT molecular complexity index is 1090. The van der Waals surface area contributed by atoms with E-state index in [1.807, 2.05) is 37.3 Å². The number of unbranched alkanes of at least 4 members (excludes halogenated alkanes) is 2. The molecule has 0 amide bonds. The number of benzene rings is 1. The van der Waals surface area contributed by atoms with E-state index < -0.39 is 79.6 Å². The number of fused-ring (bicyclic) bond motifs is 1. The molecule has 3 saturated heterocycles. The van der Waals surface area contributed by atoms with Crippen molar-refractivity contribution in [1.29, 1.82) is 0 Å². The van der Waals surface area contributed by atoms with Gasteiger partial charge in [0.1, 0.15) is 36.6 Å². The van der Waals surface area contributed by atoms with E-state index in [1.54, 1.807) is 0 Å². The van der Waals surface area contributed by atoms with Gasteiger partial charge in [-0.1, -0.05) is 55.2 Å². The van der Waals surface area contributed by atoms with E-state index in [-0.39, 0.29) is 6.61 Å². The Morgan fingerprint density at radius 3 is 2.50 bits per heavy atom. The SMILES string of the molecule is CCCCCO[C@@H]1O[C@@H]2COC(c3ccccc3)O[C@@H]2[C@H](O[C@@H]2O[C@@H](C(=O)OC)[C@@H](O)[C@H](OC(C)=O)[C@H]2O)[C@H]1N=[N+]=[N-]. The number of aliphatic hydroxyl groups excluding tert-OH is 2. The summed E-state index contributed by atoms with van der Waals surface area (Å²) < 4.78 is 46.0. The van der Waals surface area contributed by atoms with Crippen molar-refractivity contribution in [3.63, 3.8) is 0 Å². The number of rotatable bonds is 11. The molecule has 3 heterocycles. The molecular formula is C27H37N3O12. The maximum atomic E-state index is 12.4. The van der Waals surface area contributed by atoms with Gasteiger partial charge in [0.15, 0.2) is 31.1 Å². The molecule has 3 aliphatic rings. The highest BCUT2D eigenvalue weighted by Gasteiger charge is 2.56. The standard InChI is InChI=1S/C27H37N3O12/c1-4-5-9-12-36-26-17(29-30-28)21(20-16(39-26)13-37-25(40-20)15-10-7-6-8-11-15)41-27-19(33)22(38-14(2)31)18(32)23(42-27)24(34)35-3/h6-8,10-11,16-23,25-27,32-33H,4-5,9,12-13H2,1-3H3/t16-,17-,18+,19-,20+,21-,22+,23-,25?,26-,27-/m1/s1. The number of ether oxygens (including phenoxy) is 8. The summed E-state index contributed by atoms with van der Waals surface area (Å²) in [7, 11) is 1.08. The number of nitrogens with zero attached hydrogens (tertiary/aromatic N) is 3. The molecule has 1 aromatic carbocycles. The van der Waals surface area contributed by atoms with Crippen LogP contribution in [0, 0.1) is 0 Å². The molecule has 4 rings (SSSR count). The van der Waals surface area contributed by atoms with Gasteiger partial charge in [-0.15, -0.1) is 0 Å². The van der Waals surface area contributed by atoms with E-state index in [9.17, 15) is 25.3 Å². The zero-order valence-corrected chi connectivity index (χ0v) is 23.6. The topological polar surface area (TPSA) is 197 Å². The van der Waals surface area contributed by atoms with Crippen LogP contribution < -0.4 is 0 Å². The zero-order valence-electron chi connectivity index (χ0n) is 23.6. The predicted octanol–water partition coefficient (Wildman–Crippen LogP) is 1.65. The molecule has 2 N–H and O–H groups in total. The van der Waals surface area contributed by atoms with Crippen LogP contribution in [-0.2, 0) is 47.5 Å². The van der Waals surface area contributed by atoms with Crippen molar-refractivity contribution >= 4 is 11.9 Å². The maximum absolute atomic E-state index is 12.4. The Morgan fingerprint density at radius 1 is 1.07 bits per heavy atom. The molecule has 3 fully saturated rings. The van der Waals surface area contributed by atoms with Gasteiger partial charge in [-0.25, -0.2) is 4.79 Å². The van der Waals surface area contributed by atoms with E-state index in [4.69, 9.17) is 37.9 Å². The Kier molecular flexibility index (Phi) is 11.5. The van der Waals surface area contributed by atoms with Crippen molar-refractivity contribution in [2.24, 2.45) is 5.11 Å². The highest BCUT2D eigenvalue weighted by atomic mass is 16.8. The van der Waals surface area contributed by atoms with Crippen molar-refractivity contribution < 1.29 is 57.7 Å². The fourth-order valence-electron chi connectivity index (χ4n) is 5.11. The molecule has 3 aliphatic heterocycles. The molecule has 0 bridgehead atoms. The molecule has 15 nitrogen and oxygen atoms in total. The number of esters is 2. The fraction of sp³-hybridized carbons (Fsp3) is 0.704. The van der Waals surface area contributed by atoms with Crippen molar-refractivity contribution in [1.82, 2.24) is 0 Å². The zero-order chi connectivity index (χ0) is 30.2. The van der Waals surface area contributed by atoms with Crippen LogP contribution in [0.15, 0.2) is 35.4 Å². The number of hydrogen-bond acceptors (Lipinski definition) is 13. The van der Waals surface area contributed by atoms with E-state index in [2.05, 4.69) is 10.0 Å². The van der Waals surface area contributed by atoms with Crippen LogP contribution >= 0.6 is 0 Å². The van der Waals surface area contributed by atoms with Gasteiger partial charge in [0, 0.05) is 24.0 Å². The molecule has 0 saturated carbocycles. The van der Waals surface area contributed by atoms with Gasteiger partial charge in [0.25, 0.3) is 0 Å². The lowest BCUT2D eigenvalue weighted by Crippen LogP contribution is -2.66. The summed E-state index contributed by atoms with van der Waals surface area (Å²) in [6.45, 7) is 3.50. The lowest BCUT2D eigenvalue weighted by molar-refractivity contribution is -0.374. The molecule has 0 spiro atoms. The summed E-state index contributed by atoms with van der Waals surface area (Å²) in [5.74, 6) is -1.81. The molecule has 0 aliphatic carbocycles. The minimum absolute atomic E-state index is 0.0650. The lowest BCUT2D eigenvalue weighted by Gasteiger charge is -2.50. The second kappa shape index (κ2) is 15.0. The second-order valence-electron chi connectivity index (χ2n) is 10.1. The van der Waals surface area contributed by atoms with Crippen molar-refractivity contribution in [2.45, 2.75) is 101 Å². The number of hydrogen-bond donors (Lipinski definition) is 2. The van der Waals surface area contributed by atoms with Crippen LogP contribution in [0.1, 0.15) is 45.0 Å². The van der Waals surface area contributed by atoms with E-state index in [0.29, 0.717) is 12.2 Å². The molecule has 15 heteroatoms. The normalized spacial score (nSPS) is 36.3. The first kappa shape index (κ1) is 32.1. The van der Waals surface area contributed by atoms with Gasteiger partial charge in [-0.05, 0) is 12.0 Å². The number of carbonyl (C=O) groups is 2. The number of methoxy groups -OCH3 is 1. The van der Waals surface area contributed by atoms with Crippen molar-refractivity contribution in [3.8, 4) is 0 Å². The average Bonchev–Trinajstić information content (AvgIpc) is 2.99. The third kappa shape index (κ3) is 7.37. The number of azide groups is 1. The quantitative estimate of drug-likeness (QED) is 0.123. The summed E-state index contributed by atoms with van der Waals surface area (Å²) in [5.41, 5.74) is 10.2. The van der Waals surface area contributed by atoms with Crippen LogP contribution in [0.3, 0.4) is 0 Å². The molecule has 11 atom stereocenters. The van der Waals surface area contributed by atoms with Gasteiger partial charge in [0.05, 0.1) is 13.7 Å². The molecule has 0 radical (unpaired) electrons. The van der Waals surface area contributed by atoms with Crippen molar-refractivity contribution in [2.75, 3.05) is 20.3 Å².